The van der Waals surface area contributed by atoms with Crippen LogP contribution in [-0.2, 0) is 11.3 Å². The van der Waals surface area contributed by atoms with E-state index < -0.39 is 0 Å². The lowest BCUT2D eigenvalue weighted by Crippen LogP contribution is -2.23. The number of nitrogens with one attached hydrogen (secondary N) is 1. The van der Waals surface area contributed by atoms with Gasteiger partial charge >= 0.3 is 0 Å². The molecule has 1 heterocycles. The zero-order valence-corrected chi connectivity index (χ0v) is 18.0. The van der Waals surface area contributed by atoms with Gasteiger partial charge in [0.2, 0.25) is 0 Å². The molecule has 0 radical (unpaired) electrons. The van der Waals surface area contributed by atoms with Crippen molar-refractivity contribution in [3.63, 3.8) is 0 Å². The standard InChI is InChI=1S/C22H23ClN2O3S/c1-3-27-12-13-28-19-7-5-4-6-18(19)22(26)24-14-20-25-21(15(2)29-20)16-8-10-17(23)11-9-16/h4-11H,3,12-14H2,1-2H3,(H,24,26). The highest BCUT2D eigenvalue weighted by Crippen LogP contribution is 2.28. The highest BCUT2D eigenvalue weighted by Gasteiger charge is 2.14. The van der Waals surface area contributed by atoms with Crippen LogP contribution in [0.25, 0.3) is 11.3 Å². The highest BCUT2D eigenvalue weighted by molar-refractivity contribution is 7.12. The molecule has 0 bridgehead atoms. The number of para-hydroxylation sites is 1. The minimum atomic E-state index is -0.196. The van der Waals surface area contributed by atoms with Crippen LogP contribution >= 0.6 is 22.9 Å². The first-order valence-electron chi connectivity index (χ1n) is 9.38. The molecule has 0 unspecified atom stereocenters. The van der Waals surface area contributed by atoms with Crippen LogP contribution in [-0.4, -0.2) is 30.7 Å². The second-order valence-electron chi connectivity index (χ2n) is 6.24. The Balaban J connectivity index is 1.64. The van der Waals surface area contributed by atoms with Gasteiger partial charge in [0.25, 0.3) is 5.91 Å². The number of aryl methyl sites for hydroxylation is 1. The summed E-state index contributed by atoms with van der Waals surface area (Å²) in [5.74, 6) is 0.347. The number of ether oxygens (including phenoxy) is 2. The topological polar surface area (TPSA) is 60.5 Å². The number of aromatic nitrogens is 1. The first-order chi connectivity index (χ1) is 14.1. The quantitative estimate of drug-likeness (QED) is 0.479. The number of hydrogen-bond donors (Lipinski definition) is 1. The molecule has 1 aromatic heterocycles. The van der Waals surface area contributed by atoms with E-state index in [4.69, 9.17) is 21.1 Å². The van der Waals surface area contributed by atoms with E-state index in [0.29, 0.717) is 42.7 Å². The Bertz CT molecular complexity index is 957. The maximum atomic E-state index is 12.7. The van der Waals surface area contributed by atoms with Gasteiger partial charge in [0, 0.05) is 22.1 Å². The summed E-state index contributed by atoms with van der Waals surface area (Å²) in [6, 6.07) is 14.8. The second-order valence-corrected chi connectivity index (χ2v) is 7.97. The molecule has 0 fully saturated rings. The van der Waals surface area contributed by atoms with E-state index >= 15 is 0 Å². The van der Waals surface area contributed by atoms with Crippen molar-refractivity contribution in [2.75, 3.05) is 19.8 Å². The SMILES string of the molecule is CCOCCOc1ccccc1C(=O)NCc1nc(-c2ccc(Cl)cc2)c(C)s1. The van der Waals surface area contributed by atoms with E-state index in [1.54, 1.807) is 23.5 Å². The van der Waals surface area contributed by atoms with Crippen LogP contribution in [0.2, 0.25) is 5.02 Å². The van der Waals surface area contributed by atoms with Crippen LogP contribution in [0.15, 0.2) is 48.5 Å². The van der Waals surface area contributed by atoms with Gasteiger partial charge < -0.3 is 14.8 Å². The van der Waals surface area contributed by atoms with Crippen LogP contribution < -0.4 is 10.1 Å². The number of thiazole rings is 1. The van der Waals surface area contributed by atoms with E-state index in [1.165, 1.54) is 0 Å². The van der Waals surface area contributed by atoms with Gasteiger partial charge in [-0.2, -0.15) is 0 Å². The first-order valence-corrected chi connectivity index (χ1v) is 10.6. The summed E-state index contributed by atoms with van der Waals surface area (Å²) in [6.45, 7) is 5.82. The average molecular weight is 431 g/mol. The Morgan fingerprint density at radius 2 is 1.90 bits per heavy atom. The Labute approximate surface area is 179 Å². The van der Waals surface area contributed by atoms with Gasteiger partial charge in [0.05, 0.1) is 24.4 Å². The first kappa shape index (κ1) is 21.3. The highest BCUT2D eigenvalue weighted by atomic mass is 35.5. The predicted octanol–water partition coefficient (Wildman–Crippen LogP) is 5.12. The normalized spacial score (nSPS) is 10.7. The van der Waals surface area contributed by atoms with Crippen molar-refractivity contribution in [2.24, 2.45) is 0 Å². The summed E-state index contributed by atoms with van der Waals surface area (Å²) in [7, 11) is 0. The van der Waals surface area contributed by atoms with Gasteiger partial charge in [-0.15, -0.1) is 11.3 Å². The van der Waals surface area contributed by atoms with Gasteiger partial charge in [-0.3, -0.25) is 4.79 Å². The fourth-order valence-corrected chi connectivity index (χ4v) is 3.81. The molecule has 1 amide bonds. The van der Waals surface area contributed by atoms with Crippen molar-refractivity contribution in [2.45, 2.75) is 20.4 Å². The maximum Gasteiger partial charge on any atom is 0.255 e. The molecule has 0 aliphatic rings. The smallest absolute Gasteiger partial charge is 0.255 e. The molecular weight excluding hydrogens is 408 g/mol. The molecule has 152 valence electrons. The van der Waals surface area contributed by atoms with Crippen LogP contribution in [0.1, 0.15) is 27.2 Å². The minimum Gasteiger partial charge on any atom is -0.490 e. The maximum absolute atomic E-state index is 12.7. The Kier molecular flexibility index (Phi) is 7.63. The summed E-state index contributed by atoms with van der Waals surface area (Å²) in [5.41, 5.74) is 2.42. The number of rotatable bonds is 9. The zero-order chi connectivity index (χ0) is 20.6. The molecule has 0 aliphatic carbocycles. The molecule has 1 N–H and O–H groups in total. The molecule has 2 aromatic carbocycles. The van der Waals surface area contributed by atoms with Crippen LogP contribution in [0.4, 0.5) is 0 Å². The number of benzene rings is 2. The molecule has 3 aromatic rings. The van der Waals surface area contributed by atoms with Gasteiger partial charge in [-0.05, 0) is 38.1 Å². The largest absolute Gasteiger partial charge is 0.490 e. The number of carbonyl (C=O) groups excluding carboxylic acids is 1. The summed E-state index contributed by atoms with van der Waals surface area (Å²) < 4.78 is 11.0. The van der Waals surface area contributed by atoms with Crippen molar-refractivity contribution in [1.29, 1.82) is 0 Å². The monoisotopic (exact) mass is 430 g/mol. The van der Waals surface area contributed by atoms with Crippen LogP contribution in [0, 0.1) is 6.92 Å². The molecule has 0 saturated carbocycles. The summed E-state index contributed by atoms with van der Waals surface area (Å²) in [4.78, 5) is 18.4. The number of hydrogen-bond acceptors (Lipinski definition) is 5. The average Bonchev–Trinajstić information content (AvgIpc) is 3.11. The molecule has 0 saturated heterocycles. The van der Waals surface area contributed by atoms with E-state index in [1.807, 2.05) is 50.2 Å². The van der Waals surface area contributed by atoms with E-state index in [9.17, 15) is 4.79 Å². The predicted molar refractivity (Wildman–Crippen MR) is 117 cm³/mol. The molecule has 5 nitrogen and oxygen atoms in total. The fourth-order valence-electron chi connectivity index (χ4n) is 2.79. The molecule has 0 atom stereocenters. The minimum absolute atomic E-state index is 0.196. The number of halogens is 1. The Hall–Kier alpha value is -2.41. The summed E-state index contributed by atoms with van der Waals surface area (Å²) in [5, 5.41) is 4.47. The Morgan fingerprint density at radius 1 is 1.14 bits per heavy atom. The van der Waals surface area contributed by atoms with Crippen molar-refractivity contribution in [3.8, 4) is 17.0 Å². The van der Waals surface area contributed by atoms with Crippen molar-refractivity contribution in [3.05, 3.63) is 69.0 Å². The molecule has 7 heteroatoms. The summed E-state index contributed by atoms with van der Waals surface area (Å²) in [6.07, 6.45) is 0. The third kappa shape index (κ3) is 5.79. The molecule has 29 heavy (non-hydrogen) atoms. The lowest BCUT2D eigenvalue weighted by atomic mass is 10.1. The zero-order valence-electron chi connectivity index (χ0n) is 16.4. The lowest BCUT2D eigenvalue weighted by molar-refractivity contribution is 0.0934. The van der Waals surface area contributed by atoms with Crippen LogP contribution in [0.3, 0.4) is 0 Å². The van der Waals surface area contributed by atoms with Gasteiger partial charge in [0.15, 0.2) is 0 Å². The fraction of sp³-hybridized carbons (Fsp3) is 0.273. The lowest BCUT2D eigenvalue weighted by Gasteiger charge is -2.11. The molecule has 0 spiro atoms. The Morgan fingerprint density at radius 3 is 2.66 bits per heavy atom. The van der Waals surface area contributed by atoms with Crippen molar-refractivity contribution < 1.29 is 14.3 Å². The third-order valence-corrected chi connectivity index (χ3v) is 5.40. The molecule has 3 rings (SSSR count). The van der Waals surface area contributed by atoms with Gasteiger partial charge in [-0.1, -0.05) is 35.9 Å². The van der Waals surface area contributed by atoms with E-state index in [-0.39, 0.29) is 5.91 Å². The molecular formula is C22H23ClN2O3S. The number of amides is 1. The third-order valence-electron chi connectivity index (χ3n) is 4.18. The van der Waals surface area contributed by atoms with Gasteiger partial charge in [0.1, 0.15) is 17.4 Å². The van der Waals surface area contributed by atoms with Crippen molar-refractivity contribution >= 4 is 28.8 Å². The number of nitrogens with zero attached hydrogens (tertiary/aromatic N) is 1. The van der Waals surface area contributed by atoms with Crippen LogP contribution in [0.5, 0.6) is 5.75 Å². The number of carbonyl (C=O) groups is 1. The van der Waals surface area contributed by atoms with Crippen molar-refractivity contribution in [1.82, 2.24) is 10.3 Å². The second kappa shape index (κ2) is 10.4. The molecule has 0 aliphatic heterocycles. The van der Waals surface area contributed by atoms with Gasteiger partial charge in [-0.25, -0.2) is 4.98 Å². The van der Waals surface area contributed by atoms with E-state index in [2.05, 4.69) is 10.3 Å². The summed E-state index contributed by atoms with van der Waals surface area (Å²) >= 11 is 7.53. The van der Waals surface area contributed by atoms with E-state index in [0.717, 1.165) is 21.1 Å².